The molecule has 1 fully saturated rings. The van der Waals surface area contributed by atoms with Crippen LogP contribution in [0.5, 0.6) is 11.5 Å². The number of anilines is 1. The van der Waals surface area contributed by atoms with Gasteiger partial charge in [0, 0.05) is 12.1 Å². The zero-order chi connectivity index (χ0) is 26.9. The number of halogens is 1. The highest BCUT2D eigenvalue weighted by molar-refractivity contribution is 9.10. The maximum Gasteiger partial charge on any atom is 0.335 e. The van der Waals surface area contributed by atoms with Crippen molar-refractivity contribution in [1.82, 2.24) is 5.32 Å². The first-order chi connectivity index (χ1) is 17.8. The van der Waals surface area contributed by atoms with E-state index in [0.717, 1.165) is 25.3 Å². The lowest BCUT2D eigenvalue weighted by Crippen LogP contribution is -2.54. The van der Waals surface area contributed by atoms with E-state index in [-0.39, 0.29) is 16.9 Å². The molecule has 0 aliphatic carbocycles. The van der Waals surface area contributed by atoms with Crippen LogP contribution in [0.4, 0.5) is 16.2 Å². The van der Waals surface area contributed by atoms with E-state index in [1.54, 1.807) is 12.1 Å². The fourth-order valence-corrected chi connectivity index (χ4v) is 4.40. The van der Waals surface area contributed by atoms with Gasteiger partial charge in [0.25, 0.3) is 17.5 Å². The molecular weight excluding hydrogens is 546 g/mol. The summed E-state index contributed by atoms with van der Waals surface area (Å²) in [5, 5.41) is 13.2. The summed E-state index contributed by atoms with van der Waals surface area (Å²) < 4.78 is 12.0. The Kier molecular flexibility index (Phi) is 9.78. The monoisotopic (exact) mass is 573 g/mol. The fraction of sp³-hybridized carbons (Fsp3) is 0.346. The molecule has 2 aromatic rings. The van der Waals surface area contributed by atoms with Crippen molar-refractivity contribution in [1.29, 1.82) is 0 Å². The quantitative estimate of drug-likeness (QED) is 0.112. The van der Waals surface area contributed by atoms with Gasteiger partial charge in [-0.2, -0.15) is 0 Å². The number of unbranched alkanes of at least 4 members (excludes halogenated alkanes) is 5. The maximum absolute atomic E-state index is 13.1. The molecule has 0 bridgehead atoms. The number of non-ortho nitro benzene ring substituents is 1. The number of methoxy groups -OCH3 is 1. The number of rotatable bonds is 12. The predicted octanol–water partition coefficient (Wildman–Crippen LogP) is 5.77. The number of barbiturate groups is 1. The molecule has 0 aromatic heterocycles. The molecule has 1 heterocycles. The molecule has 4 amide bonds. The van der Waals surface area contributed by atoms with Crippen molar-refractivity contribution >= 4 is 51.2 Å². The average molecular weight is 574 g/mol. The number of hydrogen-bond donors (Lipinski definition) is 1. The highest BCUT2D eigenvalue weighted by atomic mass is 79.9. The minimum Gasteiger partial charge on any atom is -0.493 e. The van der Waals surface area contributed by atoms with Gasteiger partial charge in [-0.15, -0.1) is 0 Å². The second-order valence-electron chi connectivity index (χ2n) is 8.39. The Morgan fingerprint density at radius 2 is 1.81 bits per heavy atom. The van der Waals surface area contributed by atoms with Crippen molar-refractivity contribution in [2.45, 2.75) is 45.4 Å². The minimum atomic E-state index is -0.996. The fourth-order valence-electron chi connectivity index (χ4n) is 3.82. The summed E-state index contributed by atoms with van der Waals surface area (Å²) in [7, 11) is 1.48. The van der Waals surface area contributed by atoms with Crippen LogP contribution in [0.15, 0.2) is 46.4 Å². The zero-order valence-corrected chi connectivity index (χ0v) is 22.2. The van der Waals surface area contributed by atoms with E-state index in [4.69, 9.17) is 9.47 Å². The summed E-state index contributed by atoms with van der Waals surface area (Å²) >= 11 is 3.47. The molecule has 196 valence electrons. The molecule has 11 heteroatoms. The number of imide groups is 2. The normalized spacial score (nSPS) is 14.6. The number of hydrogen-bond acceptors (Lipinski definition) is 7. The molecule has 0 spiro atoms. The van der Waals surface area contributed by atoms with E-state index in [9.17, 15) is 24.5 Å². The van der Waals surface area contributed by atoms with Crippen LogP contribution in [0.3, 0.4) is 0 Å². The number of amides is 4. The molecule has 0 radical (unpaired) electrons. The van der Waals surface area contributed by atoms with Crippen molar-refractivity contribution < 1.29 is 28.8 Å². The lowest BCUT2D eigenvalue weighted by atomic mass is 10.1. The van der Waals surface area contributed by atoms with Crippen molar-refractivity contribution in [2.75, 3.05) is 18.6 Å². The molecule has 10 nitrogen and oxygen atoms in total. The van der Waals surface area contributed by atoms with Crippen LogP contribution in [0.1, 0.15) is 51.0 Å². The third-order valence-electron chi connectivity index (χ3n) is 5.71. The molecule has 1 N–H and O–H groups in total. The summed E-state index contributed by atoms with van der Waals surface area (Å²) in [5.74, 6) is -0.878. The molecule has 2 aromatic carbocycles. The summed E-state index contributed by atoms with van der Waals surface area (Å²) in [6, 6.07) is 7.32. The van der Waals surface area contributed by atoms with Crippen molar-refractivity contribution in [2.24, 2.45) is 0 Å². The van der Waals surface area contributed by atoms with Crippen LogP contribution < -0.4 is 19.7 Å². The topological polar surface area (TPSA) is 128 Å². The highest BCUT2D eigenvalue weighted by Crippen LogP contribution is 2.38. The number of nitrogens with one attached hydrogen (secondary N) is 1. The van der Waals surface area contributed by atoms with E-state index in [0.29, 0.717) is 33.0 Å². The van der Waals surface area contributed by atoms with E-state index in [1.165, 1.54) is 50.6 Å². The van der Waals surface area contributed by atoms with Crippen LogP contribution >= 0.6 is 15.9 Å². The molecule has 3 rings (SSSR count). The average Bonchev–Trinajstić information content (AvgIpc) is 2.86. The number of urea groups is 1. The van der Waals surface area contributed by atoms with E-state index in [1.807, 2.05) is 0 Å². The maximum atomic E-state index is 13.1. The molecule has 0 atom stereocenters. The molecule has 1 aliphatic rings. The first kappa shape index (κ1) is 27.9. The lowest BCUT2D eigenvalue weighted by Gasteiger charge is -2.26. The molecule has 1 saturated heterocycles. The van der Waals surface area contributed by atoms with Gasteiger partial charge in [-0.05, 0) is 52.2 Å². The van der Waals surface area contributed by atoms with Gasteiger partial charge in [0.2, 0.25) is 0 Å². The number of nitrogens with zero attached hydrogens (tertiary/aromatic N) is 2. The van der Waals surface area contributed by atoms with Gasteiger partial charge in [-0.3, -0.25) is 25.0 Å². The second kappa shape index (κ2) is 13.0. The van der Waals surface area contributed by atoms with E-state index < -0.39 is 22.8 Å². The Morgan fingerprint density at radius 3 is 2.51 bits per heavy atom. The SMILES string of the molecule is CCCCCCCCOc1c(Br)cc(/C=C2/C(=O)NC(=O)N(c3cccc([N+](=O)[O-])c3)C2=O)cc1OC. The van der Waals surface area contributed by atoms with Crippen molar-refractivity contribution in [3.05, 3.63) is 62.1 Å². The van der Waals surface area contributed by atoms with Crippen molar-refractivity contribution in [3.63, 3.8) is 0 Å². The number of nitro groups is 1. The zero-order valence-electron chi connectivity index (χ0n) is 20.6. The first-order valence-corrected chi connectivity index (χ1v) is 12.7. The third-order valence-corrected chi connectivity index (χ3v) is 6.30. The predicted molar refractivity (Wildman–Crippen MR) is 142 cm³/mol. The Labute approximate surface area is 222 Å². The Hall–Kier alpha value is -3.73. The van der Waals surface area contributed by atoms with Crippen LogP contribution in [-0.4, -0.2) is 36.5 Å². The summed E-state index contributed by atoms with van der Waals surface area (Å²) in [6.07, 6.45) is 8.09. The lowest BCUT2D eigenvalue weighted by molar-refractivity contribution is -0.384. The second-order valence-corrected chi connectivity index (χ2v) is 9.24. The number of carbonyl (C=O) groups excluding carboxylic acids is 3. The van der Waals surface area contributed by atoms with E-state index in [2.05, 4.69) is 28.2 Å². The minimum absolute atomic E-state index is 0.0349. The molecular formula is C26H28BrN3O7. The third kappa shape index (κ3) is 6.94. The molecule has 37 heavy (non-hydrogen) atoms. The molecule has 0 unspecified atom stereocenters. The molecule has 0 saturated carbocycles. The van der Waals surface area contributed by atoms with Gasteiger partial charge in [-0.1, -0.05) is 45.1 Å². The Bertz CT molecular complexity index is 1230. The standard InChI is InChI=1S/C26H28BrN3O7/c1-3-4-5-6-7-8-12-37-23-21(27)14-17(15-22(23)36-2)13-20-24(31)28-26(33)29(25(20)32)18-10-9-11-19(16-18)30(34)35/h9-11,13-16H,3-8,12H2,1-2H3,(H,28,31,33)/b20-13-. The van der Waals surface area contributed by atoms with E-state index >= 15 is 0 Å². The van der Waals surface area contributed by atoms with Crippen LogP contribution in [0, 0.1) is 10.1 Å². The van der Waals surface area contributed by atoms with Gasteiger partial charge in [0.05, 0.1) is 28.8 Å². The highest BCUT2D eigenvalue weighted by Gasteiger charge is 2.37. The largest absolute Gasteiger partial charge is 0.493 e. The number of carbonyl (C=O) groups is 3. The Balaban J connectivity index is 1.82. The van der Waals surface area contributed by atoms with Crippen LogP contribution in [-0.2, 0) is 9.59 Å². The van der Waals surface area contributed by atoms with Gasteiger partial charge in [0.1, 0.15) is 5.57 Å². The first-order valence-electron chi connectivity index (χ1n) is 11.9. The number of benzene rings is 2. The Morgan fingerprint density at radius 1 is 1.08 bits per heavy atom. The van der Waals surface area contributed by atoms with Crippen LogP contribution in [0.25, 0.3) is 6.08 Å². The summed E-state index contributed by atoms with van der Waals surface area (Å²) in [4.78, 5) is 49.3. The van der Waals surface area contributed by atoms with Gasteiger partial charge in [0.15, 0.2) is 11.5 Å². The number of ether oxygens (including phenoxy) is 2. The van der Waals surface area contributed by atoms with Gasteiger partial charge in [-0.25, -0.2) is 9.69 Å². The van der Waals surface area contributed by atoms with Gasteiger partial charge < -0.3 is 9.47 Å². The van der Waals surface area contributed by atoms with Gasteiger partial charge >= 0.3 is 6.03 Å². The van der Waals surface area contributed by atoms with Crippen LogP contribution in [0.2, 0.25) is 0 Å². The van der Waals surface area contributed by atoms with Crippen molar-refractivity contribution in [3.8, 4) is 11.5 Å². The summed E-state index contributed by atoms with van der Waals surface area (Å²) in [5.41, 5.74) is -0.207. The number of nitro benzene ring substituents is 1. The molecule has 1 aliphatic heterocycles. The summed E-state index contributed by atoms with van der Waals surface area (Å²) in [6.45, 7) is 2.69. The smallest absolute Gasteiger partial charge is 0.335 e.